The second-order valence-corrected chi connectivity index (χ2v) is 4.57. The van der Waals surface area contributed by atoms with Crippen molar-refractivity contribution in [2.24, 2.45) is 11.1 Å². The molecule has 96 valence electrons. The summed E-state index contributed by atoms with van der Waals surface area (Å²) in [4.78, 5) is 16.6. The van der Waals surface area contributed by atoms with Gasteiger partial charge in [-0.2, -0.15) is 0 Å². The van der Waals surface area contributed by atoms with Gasteiger partial charge in [0.2, 0.25) is 0 Å². The molecular weight excluding hydrogens is 230 g/mol. The van der Waals surface area contributed by atoms with Crippen molar-refractivity contribution in [1.29, 1.82) is 0 Å². The number of hydrogen-bond donors (Lipinski definition) is 1. The summed E-state index contributed by atoms with van der Waals surface area (Å²) in [6, 6.07) is 6.52. The fourth-order valence-corrected chi connectivity index (χ4v) is 2.11. The van der Waals surface area contributed by atoms with Crippen LogP contribution in [0.4, 0.5) is 0 Å². The highest BCUT2D eigenvalue weighted by Crippen LogP contribution is 2.24. The Labute approximate surface area is 106 Å². The van der Waals surface area contributed by atoms with E-state index in [1.165, 1.54) is 12.6 Å². The first-order valence-electron chi connectivity index (χ1n) is 6.29. The number of phenolic OH excluding ortho intramolecular Hbond substituents is 1. The van der Waals surface area contributed by atoms with Crippen molar-refractivity contribution in [3.8, 4) is 5.75 Å². The number of oxime groups is 1. The monoisotopic (exact) mass is 247 g/mol. The third-order valence-electron chi connectivity index (χ3n) is 3.18. The first-order chi connectivity index (χ1) is 8.75. The Morgan fingerprint density at radius 3 is 2.56 bits per heavy atom. The van der Waals surface area contributed by atoms with E-state index >= 15 is 0 Å². The lowest BCUT2D eigenvalue weighted by Crippen LogP contribution is -2.18. The number of carbonyl (C=O) groups excluding carboxylic acids is 1. The van der Waals surface area contributed by atoms with Gasteiger partial charge in [-0.1, -0.05) is 24.4 Å². The van der Waals surface area contributed by atoms with Gasteiger partial charge in [0.15, 0.2) is 0 Å². The zero-order valence-electron chi connectivity index (χ0n) is 10.2. The van der Waals surface area contributed by atoms with Crippen molar-refractivity contribution in [2.75, 3.05) is 0 Å². The van der Waals surface area contributed by atoms with Crippen molar-refractivity contribution in [3.63, 3.8) is 0 Å². The largest absolute Gasteiger partial charge is 0.508 e. The molecule has 0 bridgehead atoms. The molecule has 0 aliphatic heterocycles. The SMILES string of the molecule is O=C(ON=Cc1ccc(O)cc1)C1CCCCC1. The van der Waals surface area contributed by atoms with Crippen molar-refractivity contribution >= 4 is 12.2 Å². The van der Waals surface area contributed by atoms with Gasteiger partial charge in [0, 0.05) is 0 Å². The summed E-state index contributed by atoms with van der Waals surface area (Å²) in [6.07, 6.45) is 6.70. The Morgan fingerprint density at radius 1 is 1.22 bits per heavy atom. The number of phenols is 1. The van der Waals surface area contributed by atoms with Crippen LogP contribution >= 0.6 is 0 Å². The zero-order chi connectivity index (χ0) is 12.8. The molecule has 2 rings (SSSR count). The number of rotatable bonds is 3. The fourth-order valence-electron chi connectivity index (χ4n) is 2.11. The molecule has 1 fully saturated rings. The normalized spacial score (nSPS) is 16.9. The lowest BCUT2D eigenvalue weighted by molar-refractivity contribution is -0.149. The van der Waals surface area contributed by atoms with Crippen LogP contribution in [-0.2, 0) is 9.63 Å². The first-order valence-corrected chi connectivity index (χ1v) is 6.29. The van der Waals surface area contributed by atoms with Gasteiger partial charge in [-0.05, 0) is 42.7 Å². The molecule has 0 saturated heterocycles. The Morgan fingerprint density at radius 2 is 1.89 bits per heavy atom. The van der Waals surface area contributed by atoms with E-state index in [1.807, 2.05) is 0 Å². The van der Waals surface area contributed by atoms with E-state index in [9.17, 15) is 4.79 Å². The topological polar surface area (TPSA) is 58.9 Å². The molecule has 1 aliphatic rings. The van der Waals surface area contributed by atoms with Gasteiger partial charge in [0.25, 0.3) is 0 Å². The average molecular weight is 247 g/mol. The van der Waals surface area contributed by atoms with E-state index in [4.69, 9.17) is 9.94 Å². The van der Waals surface area contributed by atoms with Gasteiger partial charge in [-0.15, -0.1) is 0 Å². The van der Waals surface area contributed by atoms with Crippen LogP contribution < -0.4 is 0 Å². The van der Waals surface area contributed by atoms with Crippen molar-refractivity contribution < 1.29 is 14.7 Å². The van der Waals surface area contributed by atoms with Crippen LogP contribution in [0.3, 0.4) is 0 Å². The number of carbonyl (C=O) groups is 1. The maximum absolute atomic E-state index is 11.7. The molecule has 1 saturated carbocycles. The smallest absolute Gasteiger partial charge is 0.338 e. The molecule has 0 amide bonds. The molecule has 0 aromatic heterocycles. The number of nitrogens with zero attached hydrogens (tertiary/aromatic N) is 1. The van der Waals surface area contributed by atoms with Gasteiger partial charge >= 0.3 is 5.97 Å². The summed E-state index contributed by atoms with van der Waals surface area (Å²) in [7, 11) is 0. The summed E-state index contributed by atoms with van der Waals surface area (Å²) in [5.41, 5.74) is 0.782. The third-order valence-corrected chi connectivity index (χ3v) is 3.18. The zero-order valence-corrected chi connectivity index (χ0v) is 10.2. The molecule has 1 aliphatic carbocycles. The number of aromatic hydroxyl groups is 1. The molecule has 0 heterocycles. The number of benzene rings is 1. The summed E-state index contributed by atoms with van der Waals surface area (Å²) in [5, 5.41) is 12.8. The van der Waals surface area contributed by atoms with Gasteiger partial charge in [-0.3, -0.25) is 0 Å². The highest BCUT2D eigenvalue weighted by Gasteiger charge is 2.22. The number of hydrogen-bond acceptors (Lipinski definition) is 4. The van der Waals surface area contributed by atoms with E-state index in [0.717, 1.165) is 31.2 Å². The molecule has 0 atom stereocenters. The van der Waals surface area contributed by atoms with Crippen LogP contribution in [0.2, 0.25) is 0 Å². The van der Waals surface area contributed by atoms with E-state index in [1.54, 1.807) is 24.3 Å². The summed E-state index contributed by atoms with van der Waals surface area (Å²) in [6.45, 7) is 0. The van der Waals surface area contributed by atoms with Crippen molar-refractivity contribution in [2.45, 2.75) is 32.1 Å². The predicted molar refractivity (Wildman–Crippen MR) is 68.4 cm³/mol. The van der Waals surface area contributed by atoms with E-state index in [0.29, 0.717) is 0 Å². The fraction of sp³-hybridized carbons (Fsp3) is 0.429. The summed E-state index contributed by atoms with van der Waals surface area (Å²) < 4.78 is 0. The minimum Gasteiger partial charge on any atom is -0.508 e. The van der Waals surface area contributed by atoms with Gasteiger partial charge in [-0.25, -0.2) is 4.79 Å². The Balaban J connectivity index is 1.83. The molecular formula is C14H17NO3. The van der Waals surface area contributed by atoms with E-state index in [2.05, 4.69) is 5.16 Å². The molecule has 0 unspecified atom stereocenters. The van der Waals surface area contributed by atoms with Crippen LogP contribution in [0.1, 0.15) is 37.7 Å². The molecule has 1 N–H and O–H groups in total. The summed E-state index contributed by atoms with van der Waals surface area (Å²) >= 11 is 0. The standard InChI is InChI=1S/C14H17NO3/c16-13-8-6-11(7-9-13)10-15-18-14(17)12-4-2-1-3-5-12/h6-10,12,16H,1-5H2. The van der Waals surface area contributed by atoms with E-state index in [-0.39, 0.29) is 17.6 Å². The van der Waals surface area contributed by atoms with Crippen LogP contribution in [0.5, 0.6) is 5.75 Å². The van der Waals surface area contributed by atoms with Gasteiger partial charge in [0.1, 0.15) is 5.75 Å². The molecule has 18 heavy (non-hydrogen) atoms. The highest BCUT2D eigenvalue weighted by atomic mass is 16.7. The van der Waals surface area contributed by atoms with Crippen LogP contribution in [0.15, 0.2) is 29.4 Å². The van der Waals surface area contributed by atoms with E-state index < -0.39 is 0 Å². The molecule has 4 heteroatoms. The predicted octanol–water partition coefficient (Wildman–Crippen LogP) is 2.85. The third kappa shape index (κ3) is 3.58. The Bertz CT molecular complexity index is 419. The average Bonchev–Trinajstić information content (AvgIpc) is 2.42. The molecule has 1 aromatic rings. The van der Waals surface area contributed by atoms with Crippen molar-refractivity contribution in [1.82, 2.24) is 0 Å². The summed E-state index contributed by atoms with van der Waals surface area (Å²) in [5.74, 6) is -0.0215. The molecule has 0 radical (unpaired) electrons. The molecule has 4 nitrogen and oxygen atoms in total. The lowest BCUT2D eigenvalue weighted by atomic mass is 9.89. The highest BCUT2D eigenvalue weighted by molar-refractivity contribution is 5.80. The van der Waals surface area contributed by atoms with Crippen LogP contribution in [0.25, 0.3) is 0 Å². The quantitative estimate of drug-likeness (QED) is 0.507. The van der Waals surface area contributed by atoms with Crippen molar-refractivity contribution in [3.05, 3.63) is 29.8 Å². The van der Waals surface area contributed by atoms with Gasteiger partial charge in [0.05, 0.1) is 12.1 Å². The lowest BCUT2D eigenvalue weighted by Gasteiger charge is -2.17. The maximum Gasteiger partial charge on any atom is 0.338 e. The van der Waals surface area contributed by atoms with Crippen LogP contribution in [0, 0.1) is 5.92 Å². The Hall–Kier alpha value is -1.84. The Kier molecular flexibility index (Phi) is 4.34. The second-order valence-electron chi connectivity index (χ2n) is 4.57. The van der Waals surface area contributed by atoms with Crippen LogP contribution in [-0.4, -0.2) is 17.3 Å². The molecule has 0 spiro atoms. The second kappa shape index (κ2) is 6.19. The maximum atomic E-state index is 11.7. The molecule has 1 aromatic carbocycles. The minimum atomic E-state index is -0.232. The first kappa shape index (κ1) is 12.6. The van der Waals surface area contributed by atoms with Gasteiger partial charge < -0.3 is 9.94 Å². The minimum absolute atomic E-state index is 0.00992.